The summed E-state index contributed by atoms with van der Waals surface area (Å²) in [6.07, 6.45) is -0.911. The van der Waals surface area contributed by atoms with Crippen LogP contribution >= 0.6 is 7.60 Å². The third-order valence-corrected chi connectivity index (χ3v) is 2.07. The average molecular weight is 227 g/mol. The van der Waals surface area contributed by atoms with E-state index < -0.39 is 38.9 Å². The molecule has 0 aromatic rings. The second kappa shape index (κ2) is 5.06. The van der Waals surface area contributed by atoms with Gasteiger partial charge in [-0.2, -0.15) is 0 Å². The lowest BCUT2D eigenvalue weighted by atomic mass is 10.5. The number of nitrogens with one attached hydrogen (secondary N) is 1. The van der Waals surface area contributed by atoms with Crippen LogP contribution in [0.5, 0.6) is 0 Å². The Balaban J connectivity index is 4.32. The van der Waals surface area contributed by atoms with Gasteiger partial charge in [0.15, 0.2) is 20.7 Å². The molecule has 0 bridgehead atoms. The molecule has 0 aromatic heterocycles. The van der Waals surface area contributed by atoms with Gasteiger partial charge >= 0.3 is 11.9 Å². The highest BCUT2D eigenvalue weighted by molar-refractivity contribution is 7.49. The van der Waals surface area contributed by atoms with Crippen molar-refractivity contribution in [2.24, 2.45) is 0 Å². The Morgan fingerprint density at radius 1 is 1.21 bits per heavy atom. The van der Waals surface area contributed by atoms with Crippen LogP contribution in [-0.2, 0) is 14.2 Å². The van der Waals surface area contributed by atoms with Crippen molar-refractivity contribution in [1.29, 1.82) is 0 Å². The predicted molar refractivity (Wildman–Crippen MR) is 40.7 cm³/mol. The first-order valence-electron chi connectivity index (χ1n) is 3.50. The SMILES string of the molecule is O=C(O)C[NH+](CC(=O)O)CP(=O)([O-])O. The third-order valence-electron chi connectivity index (χ3n) is 1.23. The zero-order chi connectivity index (χ0) is 11.4. The van der Waals surface area contributed by atoms with Gasteiger partial charge in [-0.05, 0) is 0 Å². The van der Waals surface area contributed by atoms with Crippen molar-refractivity contribution in [2.45, 2.75) is 0 Å². The molecule has 0 rings (SSSR count). The van der Waals surface area contributed by atoms with E-state index in [0.717, 1.165) is 0 Å². The van der Waals surface area contributed by atoms with Crippen molar-refractivity contribution in [3.05, 3.63) is 0 Å². The topological polar surface area (TPSA) is 139 Å². The fraction of sp³-hybridized carbons (Fsp3) is 0.600. The maximum absolute atomic E-state index is 10.4. The van der Waals surface area contributed by atoms with Crippen LogP contribution in [0.2, 0.25) is 0 Å². The molecule has 0 fully saturated rings. The van der Waals surface area contributed by atoms with E-state index in [2.05, 4.69) is 0 Å². The molecular weight excluding hydrogens is 217 g/mol. The van der Waals surface area contributed by atoms with Crippen LogP contribution in [0.3, 0.4) is 0 Å². The first kappa shape index (κ1) is 13.1. The second-order valence-corrected chi connectivity index (χ2v) is 4.28. The summed E-state index contributed by atoms with van der Waals surface area (Å²) in [4.78, 5) is 38.9. The second-order valence-electron chi connectivity index (χ2n) is 2.69. The summed E-state index contributed by atoms with van der Waals surface area (Å²) >= 11 is 0. The molecule has 14 heavy (non-hydrogen) atoms. The van der Waals surface area contributed by atoms with Gasteiger partial charge < -0.3 is 29.5 Å². The van der Waals surface area contributed by atoms with E-state index in [4.69, 9.17) is 15.1 Å². The molecule has 0 amide bonds. The van der Waals surface area contributed by atoms with Crippen molar-refractivity contribution < 1.29 is 39.1 Å². The molecule has 0 aliphatic heterocycles. The van der Waals surface area contributed by atoms with Crippen molar-refractivity contribution in [3.63, 3.8) is 0 Å². The van der Waals surface area contributed by atoms with E-state index in [0.29, 0.717) is 0 Å². The first-order chi connectivity index (χ1) is 6.20. The Bertz CT molecular complexity index is 255. The van der Waals surface area contributed by atoms with Gasteiger partial charge in [-0.15, -0.1) is 0 Å². The normalized spacial score (nSPS) is 15.1. The summed E-state index contributed by atoms with van der Waals surface area (Å²) in [7, 11) is -4.65. The molecule has 1 unspecified atom stereocenters. The highest BCUT2D eigenvalue weighted by Gasteiger charge is 2.21. The van der Waals surface area contributed by atoms with Gasteiger partial charge in [0.1, 0.15) is 6.29 Å². The van der Waals surface area contributed by atoms with Crippen LogP contribution in [-0.4, -0.2) is 46.4 Å². The largest absolute Gasteiger partial charge is 0.775 e. The Kier molecular flexibility index (Phi) is 4.72. The number of quaternary nitrogens is 1. The molecule has 1 atom stereocenters. The summed E-state index contributed by atoms with van der Waals surface area (Å²) < 4.78 is 10.4. The van der Waals surface area contributed by atoms with Crippen molar-refractivity contribution >= 4 is 19.5 Å². The average Bonchev–Trinajstić information content (AvgIpc) is 1.77. The Morgan fingerprint density at radius 3 is 1.79 bits per heavy atom. The molecular formula is C5H10NO7P. The number of hydrogen-bond acceptors (Lipinski definition) is 4. The van der Waals surface area contributed by atoms with E-state index in [9.17, 15) is 19.0 Å². The van der Waals surface area contributed by atoms with Gasteiger partial charge in [-0.3, -0.25) is 0 Å². The predicted octanol–water partition coefficient (Wildman–Crippen LogP) is -3.46. The van der Waals surface area contributed by atoms with E-state index in [-0.39, 0.29) is 4.90 Å². The van der Waals surface area contributed by atoms with Crippen molar-refractivity contribution in [3.8, 4) is 0 Å². The first-order valence-corrected chi connectivity index (χ1v) is 5.27. The Morgan fingerprint density at radius 2 is 1.57 bits per heavy atom. The number of hydrogen-bond donors (Lipinski definition) is 4. The minimum Gasteiger partial charge on any atom is -0.775 e. The lowest BCUT2D eigenvalue weighted by Crippen LogP contribution is -3.13. The molecule has 0 spiro atoms. The number of carboxylic acids is 2. The van der Waals surface area contributed by atoms with E-state index in [1.165, 1.54) is 0 Å². The molecule has 0 aliphatic rings. The van der Waals surface area contributed by atoms with Crippen molar-refractivity contribution in [2.75, 3.05) is 19.4 Å². The molecule has 0 radical (unpaired) electrons. The summed E-state index contributed by atoms with van der Waals surface area (Å²) in [5.74, 6) is -2.68. The fourth-order valence-electron chi connectivity index (χ4n) is 0.885. The minimum absolute atomic E-state index is 0.258. The van der Waals surface area contributed by atoms with Gasteiger partial charge in [0.05, 0.1) is 0 Å². The quantitative estimate of drug-likeness (QED) is 0.346. The molecule has 8 nitrogen and oxygen atoms in total. The number of carboxylic acid groups (broad SMARTS) is 2. The fourth-order valence-corrected chi connectivity index (χ4v) is 1.67. The maximum atomic E-state index is 10.4. The van der Waals surface area contributed by atoms with E-state index >= 15 is 0 Å². The standard InChI is InChI=1S/C5H10NO7P/c7-4(8)1-6(2-5(9)10)3-14(11,12)13/h1-3H2,(H,7,8)(H,9,10)(H2,11,12,13). The van der Waals surface area contributed by atoms with Gasteiger partial charge in [0.25, 0.3) is 0 Å². The molecule has 0 saturated heterocycles. The highest BCUT2D eigenvalue weighted by atomic mass is 31.2. The van der Waals surface area contributed by atoms with Crippen LogP contribution in [0, 0.1) is 0 Å². The summed E-state index contributed by atoms with van der Waals surface area (Å²) in [6.45, 7) is -1.36. The van der Waals surface area contributed by atoms with Crippen LogP contribution < -0.4 is 9.79 Å². The van der Waals surface area contributed by atoms with Gasteiger partial charge in [0, 0.05) is 0 Å². The minimum atomic E-state index is -4.65. The van der Waals surface area contributed by atoms with E-state index in [1.54, 1.807) is 0 Å². The number of aliphatic carboxylic acids is 2. The molecule has 4 N–H and O–H groups in total. The molecule has 82 valence electrons. The number of rotatable bonds is 6. The van der Waals surface area contributed by atoms with E-state index in [1.807, 2.05) is 0 Å². The third kappa shape index (κ3) is 7.69. The van der Waals surface area contributed by atoms with Gasteiger partial charge in [0.2, 0.25) is 0 Å². The van der Waals surface area contributed by atoms with Crippen LogP contribution in [0.4, 0.5) is 0 Å². The summed E-state index contributed by atoms with van der Waals surface area (Å²) in [5, 5.41) is 16.6. The number of carbonyl (C=O) groups is 2. The molecule has 0 aromatic carbocycles. The van der Waals surface area contributed by atoms with Gasteiger partial charge in [-0.25, -0.2) is 9.59 Å². The van der Waals surface area contributed by atoms with Crippen molar-refractivity contribution in [1.82, 2.24) is 0 Å². The summed E-state index contributed by atoms with van der Waals surface area (Å²) in [6, 6.07) is 0. The molecule has 9 heteroatoms. The smallest absolute Gasteiger partial charge is 0.359 e. The molecule has 0 saturated carbocycles. The lowest BCUT2D eigenvalue weighted by molar-refractivity contribution is -0.875. The zero-order valence-corrected chi connectivity index (χ0v) is 7.94. The highest BCUT2D eigenvalue weighted by Crippen LogP contribution is 2.24. The zero-order valence-electron chi connectivity index (χ0n) is 7.04. The monoisotopic (exact) mass is 227 g/mol. The van der Waals surface area contributed by atoms with Crippen LogP contribution in [0.25, 0.3) is 0 Å². The maximum Gasteiger partial charge on any atom is 0.359 e. The summed E-state index contributed by atoms with van der Waals surface area (Å²) in [5.41, 5.74) is 0. The lowest BCUT2D eigenvalue weighted by Gasteiger charge is -2.21. The van der Waals surface area contributed by atoms with Crippen LogP contribution in [0.15, 0.2) is 0 Å². The van der Waals surface area contributed by atoms with Gasteiger partial charge in [-0.1, -0.05) is 0 Å². The van der Waals surface area contributed by atoms with Crippen LogP contribution in [0.1, 0.15) is 0 Å². The Hall–Kier alpha value is -0.950. The molecule has 0 aliphatic carbocycles. The Labute approximate surface area is 78.9 Å². The molecule has 0 heterocycles.